The molecule has 0 spiro atoms. The van der Waals surface area contributed by atoms with E-state index in [-0.39, 0.29) is 24.0 Å². The number of carbonyl (C=O) groups excluding carboxylic acids is 1. The predicted molar refractivity (Wildman–Crippen MR) is 91.9 cm³/mol. The van der Waals surface area contributed by atoms with Gasteiger partial charge < -0.3 is 10.1 Å². The van der Waals surface area contributed by atoms with Crippen molar-refractivity contribution in [2.75, 3.05) is 6.61 Å². The quantitative estimate of drug-likeness (QED) is 0.767. The number of amides is 1. The summed E-state index contributed by atoms with van der Waals surface area (Å²) in [4.78, 5) is 23.8. The fraction of sp³-hybridized carbons (Fsp3) is 0.222. The van der Waals surface area contributed by atoms with E-state index < -0.39 is 5.82 Å². The predicted octanol–water partition coefficient (Wildman–Crippen LogP) is 1.71. The zero-order chi connectivity index (χ0) is 18.0. The molecule has 3 aromatic rings. The first-order valence-corrected chi connectivity index (χ1v) is 7.75. The third-order valence-corrected chi connectivity index (χ3v) is 4.02. The van der Waals surface area contributed by atoms with Gasteiger partial charge in [0.05, 0.1) is 11.0 Å². The lowest BCUT2D eigenvalue weighted by atomic mass is 10.2. The summed E-state index contributed by atoms with van der Waals surface area (Å²) < 4.78 is 21.7. The smallest absolute Gasteiger partial charge is 0.328 e. The van der Waals surface area contributed by atoms with Gasteiger partial charge in [-0.3, -0.25) is 13.9 Å². The molecule has 0 saturated carbocycles. The molecule has 0 aliphatic rings. The van der Waals surface area contributed by atoms with E-state index in [1.165, 1.54) is 12.1 Å². The Morgan fingerprint density at radius 3 is 2.60 bits per heavy atom. The van der Waals surface area contributed by atoms with E-state index in [4.69, 9.17) is 4.74 Å². The van der Waals surface area contributed by atoms with E-state index >= 15 is 0 Å². The molecule has 0 aliphatic heterocycles. The zero-order valence-corrected chi connectivity index (χ0v) is 14.0. The Morgan fingerprint density at radius 1 is 1.12 bits per heavy atom. The van der Waals surface area contributed by atoms with Gasteiger partial charge in [0.25, 0.3) is 5.91 Å². The van der Waals surface area contributed by atoms with Crippen molar-refractivity contribution in [2.24, 2.45) is 14.1 Å². The van der Waals surface area contributed by atoms with Crippen LogP contribution < -0.4 is 15.7 Å². The zero-order valence-electron chi connectivity index (χ0n) is 14.0. The number of para-hydroxylation sites is 1. The Labute approximate surface area is 143 Å². The first-order valence-electron chi connectivity index (χ1n) is 7.75. The van der Waals surface area contributed by atoms with Gasteiger partial charge in [-0.05, 0) is 29.8 Å². The molecule has 0 atom stereocenters. The molecule has 1 heterocycles. The second-order valence-corrected chi connectivity index (χ2v) is 5.72. The molecule has 0 fully saturated rings. The third-order valence-electron chi connectivity index (χ3n) is 4.02. The van der Waals surface area contributed by atoms with Crippen molar-refractivity contribution in [3.63, 3.8) is 0 Å². The number of benzene rings is 2. The summed E-state index contributed by atoms with van der Waals surface area (Å²) in [5.74, 6) is -0.825. The maximum atomic E-state index is 13.4. The maximum absolute atomic E-state index is 13.4. The lowest BCUT2D eigenvalue weighted by Gasteiger charge is -2.08. The highest BCUT2D eigenvalue weighted by molar-refractivity contribution is 5.79. The Morgan fingerprint density at radius 2 is 1.84 bits per heavy atom. The van der Waals surface area contributed by atoms with Crippen LogP contribution in [-0.4, -0.2) is 21.6 Å². The lowest BCUT2D eigenvalue weighted by Crippen LogP contribution is -2.28. The van der Waals surface area contributed by atoms with E-state index in [2.05, 4.69) is 5.32 Å². The molecule has 130 valence electrons. The number of carbonyl (C=O) groups is 1. The summed E-state index contributed by atoms with van der Waals surface area (Å²) in [6.07, 6.45) is 0. The molecular formula is C18H18FN3O3. The van der Waals surface area contributed by atoms with Crippen molar-refractivity contribution < 1.29 is 13.9 Å². The van der Waals surface area contributed by atoms with Gasteiger partial charge in [-0.25, -0.2) is 9.18 Å². The van der Waals surface area contributed by atoms with Crippen LogP contribution in [0.5, 0.6) is 5.75 Å². The van der Waals surface area contributed by atoms with Crippen molar-refractivity contribution in [1.82, 2.24) is 14.5 Å². The summed E-state index contributed by atoms with van der Waals surface area (Å²) in [7, 11) is 3.42. The van der Waals surface area contributed by atoms with Crippen LogP contribution in [0.3, 0.4) is 0 Å². The molecule has 6 nitrogen and oxygen atoms in total. The number of nitrogens with zero attached hydrogens (tertiary/aromatic N) is 2. The average Bonchev–Trinajstić information content (AvgIpc) is 2.83. The number of hydrogen-bond donors (Lipinski definition) is 1. The molecule has 0 radical (unpaired) electrons. The van der Waals surface area contributed by atoms with Gasteiger partial charge in [0.15, 0.2) is 18.2 Å². The van der Waals surface area contributed by atoms with Crippen LogP contribution in [0.1, 0.15) is 5.56 Å². The summed E-state index contributed by atoms with van der Waals surface area (Å²) in [6.45, 7) is 0.0193. The van der Waals surface area contributed by atoms with E-state index in [1.807, 2.05) is 18.2 Å². The van der Waals surface area contributed by atoms with Crippen LogP contribution in [0, 0.1) is 5.82 Å². The number of nitrogens with one attached hydrogen (secondary N) is 1. The number of aromatic nitrogens is 2. The van der Waals surface area contributed by atoms with Crippen LogP contribution in [-0.2, 0) is 25.4 Å². The second-order valence-electron chi connectivity index (χ2n) is 5.72. The SMILES string of the molecule is Cn1c(=O)n(C)c2cc(CNC(=O)COc3ccccc3F)ccc21. The van der Waals surface area contributed by atoms with E-state index in [1.54, 1.807) is 35.4 Å². The highest BCUT2D eigenvalue weighted by Gasteiger charge is 2.09. The Balaban J connectivity index is 1.62. The number of fused-ring (bicyclic) bond motifs is 1. The highest BCUT2D eigenvalue weighted by Crippen LogP contribution is 2.15. The van der Waals surface area contributed by atoms with E-state index in [9.17, 15) is 14.0 Å². The van der Waals surface area contributed by atoms with Crippen molar-refractivity contribution in [1.29, 1.82) is 0 Å². The molecule has 0 saturated heterocycles. The largest absolute Gasteiger partial charge is 0.481 e. The number of ether oxygens (including phenoxy) is 1. The van der Waals surface area contributed by atoms with Gasteiger partial charge in [0, 0.05) is 20.6 Å². The number of imidazole rings is 1. The van der Waals surface area contributed by atoms with E-state index in [0.29, 0.717) is 6.54 Å². The Bertz CT molecular complexity index is 991. The normalized spacial score (nSPS) is 10.8. The summed E-state index contributed by atoms with van der Waals surface area (Å²) in [5, 5.41) is 2.71. The number of halogens is 1. The van der Waals surface area contributed by atoms with Crippen molar-refractivity contribution in [2.45, 2.75) is 6.54 Å². The molecule has 1 aromatic heterocycles. The third kappa shape index (κ3) is 3.40. The number of aryl methyl sites for hydroxylation is 2. The fourth-order valence-corrected chi connectivity index (χ4v) is 2.62. The van der Waals surface area contributed by atoms with Gasteiger partial charge in [-0.2, -0.15) is 0 Å². The monoisotopic (exact) mass is 343 g/mol. The average molecular weight is 343 g/mol. The molecule has 1 N–H and O–H groups in total. The molecule has 0 aliphatic carbocycles. The van der Waals surface area contributed by atoms with Crippen molar-refractivity contribution >= 4 is 16.9 Å². The summed E-state index contributed by atoms with van der Waals surface area (Å²) in [5.41, 5.74) is 2.37. The first kappa shape index (κ1) is 16.8. The maximum Gasteiger partial charge on any atom is 0.328 e. The van der Waals surface area contributed by atoms with Gasteiger partial charge >= 0.3 is 5.69 Å². The van der Waals surface area contributed by atoms with Crippen LogP contribution in [0.25, 0.3) is 11.0 Å². The minimum absolute atomic E-state index is 0.0401. The minimum Gasteiger partial charge on any atom is -0.481 e. The van der Waals surface area contributed by atoms with Crippen LogP contribution in [0.4, 0.5) is 4.39 Å². The standard InChI is InChI=1S/C18H18FN3O3/c1-21-14-8-7-12(9-15(14)22(2)18(21)24)10-20-17(23)11-25-16-6-4-3-5-13(16)19/h3-9H,10-11H2,1-2H3,(H,20,23). The number of hydrogen-bond acceptors (Lipinski definition) is 3. The fourth-order valence-electron chi connectivity index (χ4n) is 2.62. The molecule has 2 aromatic carbocycles. The Kier molecular flexibility index (Phi) is 4.56. The molecule has 1 amide bonds. The van der Waals surface area contributed by atoms with E-state index in [0.717, 1.165) is 16.6 Å². The summed E-state index contributed by atoms with van der Waals surface area (Å²) in [6, 6.07) is 11.5. The highest BCUT2D eigenvalue weighted by atomic mass is 19.1. The van der Waals surface area contributed by atoms with Gasteiger partial charge in [0.2, 0.25) is 0 Å². The van der Waals surface area contributed by atoms with Crippen molar-refractivity contribution in [3.8, 4) is 5.75 Å². The van der Waals surface area contributed by atoms with Crippen LogP contribution >= 0.6 is 0 Å². The molecule has 3 rings (SSSR count). The van der Waals surface area contributed by atoms with Gasteiger partial charge in [-0.1, -0.05) is 18.2 Å². The van der Waals surface area contributed by atoms with Crippen molar-refractivity contribution in [3.05, 3.63) is 64.3 Å². The molecule has 7 heteroatoms. The first-order chi connectivity index (χ1) is 12.0. The van der Waals surface area contributed by atoms with Crippen LogP contribution in [0.15, 0.2) is 47.3 Å². The molecule has 0 bridgehead atoms. The topological polar surface area (TPSA) is 65.3 Å². The molecular weight excluding hydrogens is 325 g/mol. The summed E-state index contributed by atoms with van der Waals surface area (Å²) >= 11 is 0. The minimum atomic E-state index is -0.509. The lowest BCUT2D eigenvalue weighted by molar-refractivity contribution is -0.123. The molecule has 0 unspecified atom stereocenters. The molecule has 25 heavy (non-hydrogen) atoms. The van der Waals surface area contributed by atoms with Gasteiger partial charge in [-0.15, -0.1) is 0 Å². The van der Waals surface area contributed by atoms with Gasteiger partial charge in [0.1, 0.15) is 0 Å². The number of rotatable bonds is 5. The Hall–Kier alpha value is -3.09. The second kappa shape index (κ2) is 6.80. The van der Waals surface area contributed by atoms with Crippen LogP contribution in [0.2, 0.25) is 0 Å².